The average molecular weight is 339 g/mol. The monoisotopic (exact) mass is 339 g/mol. The van der Waals surface area contributed by atoms with Crippen LogP contribution in [0.2, 0.25) is 0 Å². The summed E-state index contributed by atoms with van der Waals surface area (Å²) >= 11 is 0. The number of carboxylic acids is 1. The fourth-order valence-electron chi connectivity index (χ4n) is 3.48. The van der Waals surface area contributed by atoms with Gasteiger partial charge in [-0.2, -0.15) is 0 Å². The van der Waals surface area contributed by atoms with Crippen LogP contribution in [-0.2, 0) is 20.8 Å². The number of aliphatic carboxylic acids is 1. The quantitative estimate of drug-likeness (QED) is 0.877. The van der Waals surface area contributed by atoms with Crippen molar-refractivity contribution in [2.45, 2.75) is 38.1 Å². The molecule has 1 aliphatic carbocycles. The van der Waals surface area contributed by atoms with Crippen molar-refractivity contribution in [2.75, 3.05) is 0 Å². The summed E-state index contributed by atoms with van der Waals surface area (Å²) in [5.74, 6) is -1.65. The van der Waals surface area contributed by atoms with Gasteiger partial charge in [-0.15, -0.1) is 0 Å². The van der Waals surface area contributed by atoms with Gasteiger partial charge in [0.2, 0.25) is 5.91 Å². The number of carboxylic acid groups (broad SMARTS) is 1. The molecule has 0 unspecified atom stereocenters. The van der Waals surface area contributed by atoms with Crippen molar-refractivity contribution >= 4 is 28.4 Å². The van der Waals surface area contributed by atoms with Crippen molar-refractivity contribution in [1.29, 1.82) is 0 Å². The molecule has 3 rings (SSSR count). The van der Waals surface area contributed by atoms with Gasteiger partial charge >= 0.3 is 5.97 Å². The summed E-state index contributed by atoms with van der Waals surface area (Å²) in [7, 11) is 0. The minimum atomic E-state index is -1.08. The van der Waals surface area contributed by atoms with E-state index in [4.69, 9.17) is 0 Å². The van der Waals surface area contributed by atoms with Crippen LogP contribution in [0, 0.1) is 5.92 Å². The summed E-state index contributed by atoms with van der Waals surface area (Å²) in [6.07, 6.45) is 2.20. The standard InChI is InChI=1S/C20H21NO4/c22-17-7-3-6-16(12-17)19(20(24)25)21-18(23)11-13-8-9-14-4-1-2-5-15(14)10-13/h1-2,4-5,8-10,16,19H,3,6-7,11-12H2,(H,21,23)(H,24,25)/t16-,19+/m1/s1. The van der Waals surface area contributed by atoms with E-state index in [1.807, 2.05) is 42.5 Å². The number of benzene rings is 2. The molecule has 0 heterocycles. The van der Waals surface area contributed by atoms with Gasteiger partial charge in [0, 0.05) is 12.8 Å². The van der Waals surface area contributed by atoms with Crippen molar-refractivity contribution in [3.8, 4) is 0 Å². The number of amides is 1. The van der Waals surface area contributed by atoms with Crippen LogP contribution in [0.4, 0.5) is 0 Å². The highest BCUT2D eigenvalue weighted by atomic mass is 16.4. The van der Waals surface area contributed by atoms with Gasteiger partial charge in [0.1, 0.15) is 11.8 Å². The summed E-state index contributed by atoms with van der Waals surface area (Å²) < 4.78 is 0. The molecule has 1 aliphatic rings. The second-order valence-electron chi connectivity index (χ2n) is 6.64. The normalized spacial score (nSPS) is 18.7. The molecule has 0 saturated heterocycles. The van der Waals surface area contributed by atoms with Crippen molar-refractivity contribution in [3.05, 3.63) is 48.0 Å². The molecule has 1 saturated carbocycles. The predicted octanol–water partition coefficient (Wildman–Crippen LogP) is 2.71. The van der Waals surface area contributed by atoms with E-state index in [9.17, 15) is 19.5 Å². The van der Waals surface area contributed by atoms with Crippen LogP contribution < -0.4 is 5.32 Å². The second-order valence-corrected chi connectivity index (χ2v) is 6.64. The molecule has 0 aromatic heterocycles. The van der Waals surface area contributed by atoms with Crippen LogP contribution in [0.25, 0.3) is 10.8 Å². The Labute approximate surface area is 146 Å². The van der Waals surface area contributed by atoms with Crippen LogP contribution in [-0.4, -0.2) is 28.8 Å². The lowest BCUT2D eigenvalue weighted by Crippen LogP contribution is -2.47. The topological polar surface area (TPSA) is 83.5 Å². The zero-order chi connectivity index (χ0) is 17.8. The molecule has 0 aliphatic heterocycles. The molecule has 2 aromatic rings. The fraction of sp³-hybridized carbons (Fsp3) is 0.350. The Morgan fingerprint density at radius 3 is 2.64 bits per heavy atom. The summed E-state index contributed by atoms with van der Waals surface area (Å²) in [4.78, 5) is 35.5. The number of rotatable bonds is 5. The van der Waals surface area contributed by atoms with E-state index in [0.29, 0.717) is 19.3 Å². The molecule has 1 fully saturated rings. The van der Waals surface area contributed by atoms with Crippen molar-refractivity contribution < 1.29 is 19.5 Å². The number of ketones is 1. The SMILES string of the molecule is O=C1CCC[C@@H]([C@H](NC(=O)Cc2ccc3ccccc3c2)C(=O)O)C1. The average Bonchev–Trinajstić information content (AvgIpc) is 2.59. The van der Waals surface area contributed by atoms with Crippen LogP contribution in [0.3, 0.4) is 0 Å². The van der Waals surface area contributed by atoms with Gasteiger partial charge < -0.3 is 10.4 Å². The fourth-order valence-corrected chi connectivity index (χ4v) is 3.48. The van der Waals surface area contributed by atoms with Crippen LogP contribution in [0.5, 0.6) is 0 Å². The van der Waals surface area contributed by atoms with E-state index in [1.165, 1.54) is 0 Å². The number of fused-ring (bicyclic) bond motifs is 1. The van der Waals surface area contributed by atoms with Crippen molar-refractivity contribution in [1.82, 2.24) is 5.32 Å². The lowest BCUT2D eigenvalue weighted by Gasteiger charge is -2.27. The third kappa shape index (κ3) is 4.24. The molecule has 0 bridgehead atoms. The lowest BCUT2D eigenvalue weighted by atomic mass is 9.83. The third-order valence-corrected chi connectivity index (χ3v) is 4.75. The van der Waals surface area contributed by atoms with E-state index in [2.05, 4.69) is 5.32 Å². The third-order valence-electron chi connectivity index (χ3n) is 4.75. The number of hydrogen-bond donors (Lipinski definition) is 2. The Balaban J connectivity index is 1.68. The maximum Gasteiger partial charge on any atom is 0.326 e. The maximum absolute atomic E-state index is 12.3. The Morgan fingerprint density at radius 1 is 1.16 bits per heavy atom. The second kappa shape index (κ2) is 7.47. The highest BCUT2D eigenvalue weighted by Crippen LogP contribution is 2.25. The van der Waals surface area contributed by atoms with Crippen LogP contribution >= 0.6 is 0 Å². The molecular formula is C20H21NO4. The first kappa shape index (κ1) is 17.1. The van der Waals surface area contributed by atoms with E-state index >= 15 is 0 Å². The summed E-state index contributed by atoms with van der Waals surface area (Å²) in [6, 6.07) is 12.6. The van der Waals surface area contributed by atoms with Gasteiger partial charge in [-0.3, -0.25) is 9.59 Å². The minimum Gasteiger partial charge on any atom is -0.480 e. The molecule has 2 atom stereocenters. The molecule has 1 amide bonds. The van der Waals surface area contributed by atoms with E-state index in [1.54, 1.807) is 0 Å². The predicted molar refractivity (Wildman–Crippen MR) is 94.2 cm³/mol. The number of nitrogens with one attached hydrogen (secondary N) is 1. The highest BCUT2D eigenvalue weighted by Gasteiger charge is 2.33. The first-order valence-corrected chi connectivity index (χ1v) is 8.54. The number of carbonyl (C=O) groups excluding carboxylic acids is 2. The Morgan fingerprint density at radius 2 is 1.92 bits per heavy atom. The Bertz CT molecular complexity index is 814. The van der Waals surface area contributed by atoms with Crippen molar-refractivity contribution in [2.24, 2.45) is 5.92 Å². The molecule has 5 nitrogen and oxygen atoms in total. The molecule has 2 aromatic carbocycles. The van der Waals surface area contributed by atoms with E-state index < -0.39 is 12.0 Å². The summed E-state index contributed by atoms with van der Waals surface area (Å²) in [6.45, 7) is 0. The smallest absolute Gasteiger partial charge is 0.326 e. The number of hydrogen-bond acceptors (Lipinski definition) is 3. The van der Waals surface area contributed by atoms with Gasteiger partial charge in [0.15, 0.2) is 0 Å². The highest BCUT2D eigenvalue weighted by molar-refractivity contribution is 5.88. The van der Waals surface area contributed by atoms with Gasteiger partial charge in [-0.05, 0) is 35.1 Å². The Hall–Kier alpha value is -2.69. The molecule has 0 spiro atoms. The van der Waals surface area contributed by atoms with E-state index in [0.717, 1.165) is 16.3 Å². The zero-order valence-electron chi connectivity index (χ0n) is 13.9. The first-order valence-electron chi connectivity index (χ1n) is 8.54. The van der Waals surface area contributed by atoms with Crippen LogP contribution in [0.1, 0.15) is 31.2 Å². The van der Waals surface area contributed by atoms with Gasteiger partial charge in [0.25, 0.3) is 0 Å². The van der Waals surface area contributed by atoms with Crippen molar-refractivity contribution in [3.63, 3.8) is 0 Å². The largest absolute Gasteiger partial charge is 0.480 e. The maximum atomic E-state index is 12.3. The number of carbonyl (C=O) groups is 3. The summed E-state index contributed by atoms with van der Waals surface area (Å²) in [5, 5.41) is 14.2. The molecular weight excluding hydrogens is 318 g/mol. The summed E-state index contributed by atoms with van der Waals surface area (Å²) in [5.41, 5.74) is 0.833. The minimum absolute atomic E-state index is 0.0753. The van der Waals surface area contributed by atoms with Gasteiger partial charge in [-0.1, -0.05) is 42.5 Å². The van der Waals surface area contributed by atoms with Gasteiger partial charge in [-0.25, -0.2) is 4.79 Å². The molecule has 2 N–H and O–H groups in total. The first-order chi connectivity index (χ1) is 12.0. The van der Waals surface area contributed by atoms with E-state index in [-0.39, 0.29) is 30.4 Å². The number of Topliss-reactive ketones (excluding diaryl/α,β-unsaturated/α-hetero) is 1. The lowest BCUT2D eigenvalue weighted by molar-refractivity contribution is -0.144. The van der Waals surface area contributed by atoms with Crippen LogP contribution in [0.15, 0.2) is 42.5 Å². The Kier molecular flexibility index (Phi) is 5.12. The van der Waals surface area contributed by atoms with Gasteiger partial charge in [0.05, 0.1) is 6.42 Å². The molecule has 130 valence electrons. The molecule has 0 radical (unpaired) electrons. The molecule has 5 heteroatoms. The molecule has 25 heavy (non-hydrogen) atoms. The zero-order valence-corrected chi connectivity index (χ0v) is 13.9.